The fourth-order valence-corrected chi connectivity index (χ4v) is 1.35. The van der Waals surface area contributed by atoms with Gasteiger partial charge in [-0.15, -0.1) is 0 Å². The first-order valence-electron chi connectivity index (χ1n) is 3.99. The molecular weight excluding hydrogens is 166 g/mol. The quantitative estimate of drug-likeness (QED) is 0.673. The molecule has 0 unspecified atom stereocenters. The molecule has 2 rings (SSSR count). The van der Waals surface area contributed by atoms with Crippen LogP contribution in [0.5, 0.6) is 0 Å². The SMILES string of the molecule is Cc1nn(C)c(-c2ncc[nH]2)c1N. The molecule has 3 N–H and O–H groups in total. The van der Waals surface area contributed by atoms with Gasteiger partial charge in [-0.25, -0.2) is 4.98 Å². The van der Waals surface area contributed by atoms with Gasteiger partial charge in [-0.1, -0.05) is 0 Å². The number of anilines is 1. The Hall–Kier alpha value is -1.78. The lowest BCUT2D eigenvalue weighted by atomic mass is 10.3. The Bertz CT molecular complexity index is 412. The second-order valence-electron chi connectivity index (χ2n) is 2.91. The highest BCUT2D eigenvalue weighted by atomic mass is 15.3. The predicted octanol–water partition coefficient (Wildman–Crippen LogP) is 0.701. The van der Waals surface area contributed by atoms with Crippen molar-refractivity contribution in [2.75, 3.05) is 5.73 Å². The summed E-state index contributed by atoms with van der Waals surface area (Å²) in [7, 11) is 1.85. The normalized spacial score (nSPS) is 10.6. The summed E-state index contributed by atoms with van der Waals surface area (Å²) in [5, 5.41) is 4.20. The van der Waals surface area contributed by atoms with Gasteiger partial charge in [0.05, 0.1) is 11.4 Å². The summed E-state index contributed by atoms with van der Waals surface area (Å²) in [6, 6.07) is 0. The molecule has 2 heterocycles. The van der Waals surface area contributed by atoms with Crippen molar-refractivity contribution in [1.82, 2.24) is 19.7 Å². The Morgan fingerprint density at radius 3 is 2.77 bits per heavy atom. The van der Waals surface area contributed by atoms with E-state index >= 15 is 0 Å². The fourth-order valence-electron chi connectivity index (χ4n) is 1.35. The molecule has 0 fully saturated rings. The Morgan fingerprint density at radius 1 is 1.54 bits per heavy atom. The lowest BCUT2D eigenvalue weighted by molar-refractivity contribution is 0.760. The van der Waals surface area contributed by atoms with Gasteiger partial charge >= 0.3 is 0 Å². The van der Waals surface area contributed by atoms with E-state index in [1.165, 1.54) is 0 Å². The first-order valence-corrected chi connectivity index (χ1v) is 3.99. The van der Waals surface area contributed by atoms with E-state index in [2.05, 4.69) is 15.1 Å². The zero-order valence-corrected chi connectivity index (χ0v) is 7.57. The van der Waals surface area contributed by atoms with Crippen LogP contribution in [0.1, 0.15) is 5.69 Å². The van der Waals surface area contributed by atoms with Gasteiger partial charge in [0, 0.05) is 19.4 Å². The summed E-state index contributed by atoms with van der Waals surface area (Å²) in [5.74, 6) is 0.751. The van der Waals surface area contributed by atoms with Gasteiger partial charge in [-0.05, 0) is 6.92 Å². The maximum absolute atomic E-state index is 5.85. The molecule has 0 aromatic carbocycles. The number of aromatic nitrogens is 4. The highest BCUT2D eigenvalue weighted by Crippen LogP contribution is 2.24. The van der Waals surface area contributed by atoms with Crippen molar-refractivity contribution in [3.8, 4) is 11.5 Å². The van der Waals surface area contributed by atoms with Crippen molar-refractivity contribution in [3.05, 3.63) is 18.1 Å². The van der Waals surface area contributed by atoms with Gasteiger partial charge in [0.25, 0.3) is 0 Å². The number of nitrogens with two attached hydrogens (primary N) is 1. The van der Waals surface area contributed by atoms with Crippen LogP contribution < -0.4 is 5.73 Å². The Labute approximate surface area is 75.6 Å². The molecule has 68 valence electrons. The van der Waals surface area contributed by atoms with E-state index in [0.717, 1.165) is 17.2 Å². The maximum atomic E-state index is 5.85. The van der Waals surface area contributed by atoms with E-state index in [9.17, 15) is 0 Å². The van der Waals surface area contributed by atoms with Crippen LogP contribution in [-0.4, -0.2) is 19.7 Å². The molecule has 0 bridgehead atoms. The highest BCUT2D eigenvalue weighted by Gasteiger charge is 2.13. The highest BCUT2D eigenvalue weighted by molar-refractivity contribution is 5.69. The molecule has 0 aliphatic heterocycles. The van der Waals surface area contributed by atoms with Gasteiger partial charge in [0.2, 0.25) is 0 Å². The lowest BCUT2D eigenvalue weighted by Gasteiger charge is -1.97. The summed E-state index contributed by atoms with van der Waals surface area (Å²) in [6.45, 7) is 1.88. The van der Waals surface area contributed by atoms with Crippen molar-refractivity contribution < 1.29 is 0 Å². The van der Waals surface area contributed by atoms with E-state index in [1.54, 1.807) is 17.1 Å². The third-order valence-electron chi connectivity index (χ3n) is 1.99. The number of aromatic amines is 1. The summed E-state index contributed by atoms with van der Waals surface area (Å²) in [6.07, 6.45) is 3.45. The van der Waals surface area contributed by atoms with Gasteiger partial charge in [-0.3, -0.25) is 4.68 Å². The number of rotatable bonds is 1. The smallest absolute Gasteiger partial charge is 0.157 e. The summed E-state index contributed by atoms with van der Waals surface area (Å²) in [5.41, 5.74) is 8.19. The van der Waals surface area contributed by atoms with Gasteiger partial charge in [0.15, 0.2) is 5.82 Å². The first kappa shape index (κ1) is 7.85. The molecule has 0 atom stereocenters. The molecule has 0 spiro atoms. The zero-order valence-electron chi connectivity index (χ0n) is 7.57. The summed E-state index contributed by atoms with van der Waals surface area (Å²) in [4.78, 5) is 7.12. The minimum Gasteiger partial charge on any atom is -0.395 e. The van der Waals surface area contributed by atoms with Crippen molar-refractivity contribution in [2.45, 2.75) is 6.92 Å². The number of H-pyrrole nitrogens is 1. The largest absolute Gasteiger partial charge is 0.395 e. The standard InChI is InChI=1S/C8H11N5/c1-5-6(9)7(13(2)12-5)8-10-3-4-11-8/h3-4H,9H2,1-2H3,(H,10,11). The second kappa shape index (κ2) is 2.62. The van der Waals surface area contributed by atoms with Crippen LogP contribution in [0.2, 0.25) is 0 Å². The van der Waals surface area contributed by atoms with E-state index in [4.69, 9.17) is 5.73 Å². The predicted molar refractivity (Wildman–Crippen MR) is 49.9 cm³/mol. The second-order valence-corrected chi connectivity index (χ2v) is 2.91. The minimum atomic E-state index is 0.678. The average Bonchev–Trinajstić information content (AvgIpc) is 2.63. The van der Waals surface area contributed by atoms with Crippen LogP contribution in [0.15, 0.2) is 12.4 Å². The zero-order chi connectivity index (χ0) is 9.42. The van der Waals surface area contributed by atoms with Crippen LogP contribution in [0, 0.1) is 6.92 Å². The third kappa shape index (κ3) is 1.09. The number of hydrogen-bond donors (Lipinski definition) is 2. The molecule has 5 heteroatoms. The van der Waals surface area contributed by atoms with Crippen LogP contribution >= 0.6 is 0 Å². The molecule has 0 saturated carbocycles. The number of hydrogen-bond acceptors (Lipinski definition) is 3. The third-order valence-corrected chi connectivity index (χ3v) is 1.99. The molecule has 0 aliphatic carbocycles. The van der Waals surface area contributed by atoms with Gasteiger partial charge < -0.3 is 10.7 Å². The van der Waals surface area contributed by atoms with E-state index in [1.807, 2.05) is 14.0 Å². The van der Waals surface area contributed by atoms with Crippen molar-refractivity contribution >= 4 is 5.69 Å². The molecule has 0 radical (unpaired) electrons. The number of nitrogens with zero attached hydrogens (tertiary/aromatic N) is 3. The summed E-state index contributed by atoms with van der Waals surface area (Å²) >= 11 is 0. The summed E-state index contributed by atoms with van der Waals surface area (Å²) < 4.78 is 1.73. The monoisotopic (exact) mass is 177 g/mol. The first-order chi connectivity index (χ1) is 6.20. The van der Waals surface area contributed by atoms with Crippen LogP contribution in [-0.2, 0) is 7.05 Å². The van der Waals surface area contributed by atoms with Crippen LogP contribution in [0.25, 0.3) is 11.5 Å². The van der Waals surface area contributed by atoms with Gasteiger partial charge in [0.1, 0.15) is 5.69 Å². The maximum Gasteiger partial charge on any atom is 0.157 e. The molecule has 0 amide bonds. The lowest BCUT2D eigenvalue weighted by Crippen LogP contribution is -1.96. The molecule has 0 aliphatic rings. The van der Waals surface area contributed by atoms with Crippen LogP contribution in [0.4, 0.5) is 5.69 Å². The molecular formula is C8H11N5. The average molecular weight is 177 g/mol. The fraction of sp³-hybridized carbons (Fsp3) is 0.250. The van der Waals surface area contributed by atoms with E-state index in [-0.39, 0.29) is 0 Å². The van der Waals surface area contributed by atoms with E-state index in [0.29, 0.717) is 5.69 Å². The minimum absolute atomic E-state index is 0.678. The number of imidazole rings is 1. The van der Waals surface area contributed by atoms with Crippen molar-refractivity contribution in [2.24, 2.45) is 7.05 Å². The molecule has 13 heavy (non-hydrogen) atoms. The Kier molecular flexibility index (Phi) is 1.58. The van der Waals surface area contributed by atoms with Crippen molar-refractivity contribution in [3.63, 3.8) is 0 Å². The Balaban J connectivity index is 2.64. The molecule has 2 aromatic heterocycles. The topological polar surface area (TPSA) is 72.5 Å². The Morgan fingerprint density at radius 2 is 2.31 bits per heavy atom. The van der Waals surface area contributed by atoms with Gasteiger partial charge in [-0.2, -0.15) is 5.10 Å². The van der Waals surface area contributed by atoms with Crippen LogP contribution in [0.3, 0.4) is 0 Å². The van der Waals surface area contributed by atoms with E-state index < -0.39 is 0 Å². The number of aryl methyl sites for hydroxylation is 2. The molecule has 5 nitrogen and oxygen atoms in total. The van der Waals surface area contributed by atoms with Crippen molar-refractivity contribution in [1.29, 1.82) is 0 Å². The molecule has 2 aromatic rings. The number of nitrogens with one attached hydrogen (secondary N) is 1. The number of nitrogen functional groups attached to an aromatic ring is 1. The molecule has 0 saturated heterocycles.